The van der Waals surface area contributed by atoms with E-state index in [1.54, 1.807) is 0 Å². The SMILES string of the molecule is Cc1ccc(CSCC2(CC(=O)O)CC2)cc1C. The molecule has 2 nitrogen and oxygen atoms in total. The second-order valence-electron chi connectivity index (χ2n) is 5.48. The molecule has 98 valence electrons. The Balaban J connectivity index is 1.82. The summed E-state index contributed by atoms with van der Waals surface area (Å²) in [6, 6.07) is 6.57. The second-order valence-corrected chi connectivity index (χ2v) is 6.47. The van der Waals surface area contributed by atoms with Crippen LogP contribution in [0.3, 0.4) is 0 Å². The number of carboxylic acids is 1. The van der Waals surface area contributed by atoms with Crippen molar-refractivity contribution in [3.63, 3.8) is 0 Å². The average molecular weight is 264 g/mol. The van der Waals surface area contributed by atoms with E-state index in [2.05, 4.69) is 32.0 Å². The van der Waals surface area contributed by atoms with E-state index >= 15 is 0 Å². The minimum Gasteiger partial charge on any atom is -0.481 e. The Labute approximate surface area is 113 Å². The van der Waals surface area contributed by atoms with E-state index in [0.29, 0.717) is 6.42 Å². The maximum absolute atomic E-state index is 10.8. The van der Waals surface area contributed by atoms with Crippen LogP contribution in [0.4, 0.5) is 0 Å². The maximum atomic E-state index is 10.8. The highest BCUT2D eigenvalue weighted by atomic mass is 32.2. The Bertz CT molecular complexity index is 450. The first kappa shape index (κ1) is 13.5. The van der Waals surface area contributed by atoms with Gasteiger partial charge in [0.1, 0.15) is 0 Å². The van der Waals surface area contributed by atoms with Gasteiger partial charge in [0.05, 0.1) is 6.42 Å². The molecule has 1 N–H and O–H groups in total. The Hall–Kier alpha value is -0.960. The summed E-state index contributed by atoms with van der Waals surface area (Å²) in [5.74, 6) is 1.31. The molecule has 0 aromatic heterocycles. The standard InChI is InChI=1S/C15H20O2S/c1-11-3-4-13(7-12(11)2)9-18-10-15(5-6-15)8-14(16)17/h3-4,7H,5-6,8-10H2,1-2H3,(H,16,17). The lowest BCUT2D eigenvalue weighted by Gasteiger charge is -2.12. The van der Waals surface area contributed by atoms with Crippen LogP contribution >= 0.6 is 11.8 Å². The minimum absolute atomic E-state index is 0.107. The van der Waals surface area contributed by atoms with Gasteiger partial charge >= 0.3 is 5.97 Å². The van der Waals surface area contributed by atoms with Crippen molar-refractivity contribution in [2.45, 2.75) is 38.9 Å². The lowest BCUT2D eigenvalue weighted by Crippen LogP contribution is -2.11. The van der Waals surface area contributed by atoms with Crippen LogP contribution in [0.2, 0.25) is 0 Å². The predicted molar refractivity (Wildman–Crippen MR) is 76.0 cm³/mol. The topological polar surface area (TPSA) is 37.3 Å². The number of carboxylic acid groups (broad SMARTS) is 1. The van der Waals surface area contributed by atoms with Crippen LogP contribution < -0.4 is 0 Å². The van der Waals surface area contributed by atoms with Gasteiger partial charge in [0.15, 0.2) is 0 Å². The van der Waals surface area contributed by atoms with E-state index in [1.165, 1.54) is 16.7 Å². The quantitative estimate of drug-likeness (QED) is 0.849. The van der Waals surface area contributed by atoms with Crippen molar-refractivity contribution < 1.29 is 9.90 Å². The third kappa shape index (κ3) is 3.52. The van der Waals surface area contributed by atoms with Crippen LogP contribution in [0.5, 0.6) is 0 Å². The molecule has 1 saturated carbocycles. The molecule has 1 aliphatic rings. The zero-order chi connectivity index (χ0) is 13.2. The lowest BCUT2D eigenvalue weighted by atomic mass is 10.1. The van der Waals surface area contributed by atoms with Gasteiger partial charge in [0.2, 0.25) is 0 Å². The normalized spacial score (nSPS) is 16.6. The van der Waals surface area contributed by atoms with Gasteiger partial charge in [-0.3, -0.25) is 4.79 Å². The lowest BCUT2D eigenvalue weighted by molar-refractivity contribution is -0.138. The molecule has 1 aliphatic carbocycles. The summed E-state index contributed by atoms with van der Waals surface area (Å²) in [6.07, 6.45) is 2.51. The molecule has 0 spiro atoms. The first-order chi connectivity index (χ1) is 8.51. The molecule has 2 rings (SSSR count). The minimum atomic E-state index is -0.653. The van der Waals surface area contributed by atoms with E-state index in [1.807, 2.05) is 11.8 Å². The predicted octanol–water partition coefficient (Wildman–Crippen LogP) is 3.79. The highest BCUT2D eigenvalue weighted by Gasteiger charge is 2.43. The average Bonchev–Trinajstić information content (AvgIpc) is 3.02. The number of thioether (sulfide) groups is 1. The van der Waals surface area contributed by atoms with Crippen molar-refractivity contribution >= 4 is 17.7 Å². The van der Waals surface area contributed by atoms with Gasteiger partial charge in [0, 0.05) is 5.75 Å². The molecule has 0 saturated heterocycles. The van der Waals surface area contributed by atoms with Crippen molar-refractivity contribution in [2.24, 2.45) is 5.41 Å². The zero-order valence-electron chi connectivity index (χ0n) is 11.0. The fraction of sp³-hybridized carbons (Fsp3) is 0.533. The van der Waals surface area contributed by atoms with E-state index in [-0.39, 0.29) is 5.41 Å². The van der Waals surface area contributed by atoms with Crippen molar-refractivity contribution in [3.05, 3.63) is 34.9 Å². The van der Waals surface area contributed by atoms with Gasteiger partial charge in [-0.25, -0.2) is 0 Å². The smallest absolute Gasteiger partial charge is 0.303 e. The van der Waals surface area contributed by atoms with Gasteiger partial charge in [0.25, 0.3) is 0 Å². The number of aryl methyl sites for hydroxylation is 2. The van der Waals surface area contributed by atoms with Crippen LogP contribution in [0.1, 0.15) is 36.0 Å². The highest BCUT2D eigenvalue weighted by molar-refractivity contribution is 7.98. The summed E-state index contributed by atoms with van der Waals surface area (Å²) in [7, 11) is 0. The fourth-order valence-electron chi connectivity index (χ4n) is 2.15. The van der Waals surface area contributed by atoms with Gasteiger partial charge in [-0.1, -0.05) is 18.2 Å². The van der Waals surface area contributed by atoms with Crippen LogP contribution in [0, 0.1) is 19.3 Å². The zero-order valence-corrected chi connectivity index (χ0v) is 11.8. The number of hydrogen-bond donors (Lipinski definition) is 1. The van der Waals surface area contributed by atoms with Crippen LogP contribution in [0.15, 0.2) is 18.2 Å². The van der Waals surface area contributed by atoms with Crippen molar-refractivity contribution in [1.82, 2.24) is 0 Å². The Morgan fingerprint density at radius 1 is 1.33 bits per heavy atom. The number of aliphatic carboxylic acids is 1. The summed E-state index contributed by atoms with van der Waals surface area (Å²) < 4.78 is 0. The van der Waals surface area contributed by atoms with Gasteiger partial charge in [-0.05, 0) is 54.5 Å². The molecular formula is C15H20O2S. The third-order valence-electron chi connectivity index (χ3n) is 3.73. The molecule has 1 aromatic carbocycles. The summed E-state index contributed by atoms with van der Waals surface area (Å²) in [5.41, 5.74) is 4.11. The van der Waals surface area contributed by atoms with Crippen molar-refractivity contribution in [3.8, 4) is 0 Å². The van der Waals surface area contributed by atoms with Crippen molar-refractivity contribution in [2.75, 3.05) is 5.75 Å². The van der Waals surface area contributed by atoms with Crippen molar-refractivity contribution in [1.29, 1.82) is 0 Å². The molecule has 0 amide bonds. The highest BCUT2D eigenvalue weighted by Crippen LogP contribution is 2.51. The third-order valence-corrected chi connectivity index (χ3v) is 5.09. The molecule has 1 aromatic rings. The summed E-state index contributed by atoms with van der Waals surface area (Å²) in [5, 5.41) is 8.86. The summed E-state index contributed by atoms with van der Waals surface area (Å²) in [4.78, 5) is 10.8. The van der Waals surface area contributed by atoms with Crippen LogP contribution in [-0.2, 0) is 10.5 Å². The largest absolute Gasteiger partial charge is 0.481 e. The molecule has 18 heavy (non-hydrogen) atoms. The second kappa shape index (κ2) is 5.35. The van der Waals surface area contributed by atoms with E-state index in [9.17, 15) is 4.79 Å². The Morgan fingerprint density at radius 3 is 2.61 bits per heavy atom. The molecule has 3 heteroatoms. The first-order valence-corrected chi connectivity index (χ1v) is 7.52. The molecular weight excluding hydrogens is 244 g/mol. The molecule has 0 bridgehead atoms. The van der Waals surface area contributed by atoms with Crippen LogP contribution in [0.25, 0.3) is 0 Å². The molecule has 0 atom stereocenters. The maximum Gasteiger partial charge on any atom is 0.303 e. The van der Waals surface area contributed by atoms with E-state index in [0.717, 1.165) is 24.3 Å². The Kier molecular flexibility index (Phi) is 4.00. The van der Waals surface area contributed by atoms with Crippen LogP contribution in [-0.4, -0.2) is 16.8 Å². The number of benzene rings is 1. The number of hydrogen-bond acceptors (Lipinski definition) is 2. The summed E-state index contributed by atoms with van der Waals surface area (Å²) >= 11 is 1.87. The number of rotatable bonds is 6. The molecule has 0 aliphatic heterocycles. The van der Waals surface area contributed by atoms with Gasteiger partial charge in [-0.15, -0.1) is 0 Å². The summed E-state index contributed by atoms with van der Waals surface area (Å²) in [6.45, 7) is 4.26. The first-order valence-electron chi connectivity index (χ1n) is 6.36. The Morgan fingerprint density at radius 2 is 2.06 bits per heavy atom. The number of carbonyl (C=O) groups is 1. The van der Waals surface area contributed by atoms with Gasteiger partial charge < -0.3 is 5.11 Å². The molecule has 0 heterocycles. The fourth-order valence-corrected chi connectivity index (χ4v) is 3.49. The monoisotopic (exact) mass is 264 g/mol. The van der Waals surface area contributed by atoms with Gasteiger partial charge in [-0.2, -0.15) is 11.8 Å². The molecule has 0 unspecified atom stereocenters. The molecule has 0 radical (unpaired) electrons. The van der Waals surface area contributed by atoms with E-state index < -0.39 is 5.97 Å². The molecule has 1 fully saturated rings. The van der Waals surface area contributed by atoms with E-state index in [4.69, 9.17) is 5.11 Å².